The Hall–Kier alpha value is -3.32. The van der Waals surface area contributed by atoms with Crippen LogP contribution < -0.4 is 20.1 Å². The Balaban J connectivity index is 1.60. The first-order valence-electron chi connectivity index (χ1n) is 8.44. The zero-order valence-electron chi connectivity index (χ0n) is 15.4. The number of nitrogens with zero attached hydrogens (tertiary/aromatic N) is 2. The number of carbonyl (C=O) groups excluding carboxylic acids is 1. The Bertz CT molecular complexity index is 964. The predicted molar refractivity (Wildman–Crippen MR) is 107 cm³/mol. The Morgan fingerprint density at radius 2 is 1.82 bits per heavy atom. The van der Waals surface area contributed by atoms with Gasteiger partial charge in [0.05, 0.1) is 14.2 Å². The summed E-state index contributed by atoms with van der Waals surface area (Å²) in [5.74, 6) is 1.42. The van der Waals surface area contributed by atoms with E-state index in [1.807, 2.05) is 24.3 Å². The molecule has 3 rings (SSSR count). The molecule has 0 aliphatic heterocycles. The lowest BCUT2D eigenvalue weighted by Crippen LogP contribution is -2.24. The van der Waals surface area contributed by atoms with Crippen LogP contribution in [0.25, 0.3) is 0 Å². The molecule has 0 unspecified atom stereocenters. The van der Waals surface area contributed by atoms with E-state index in [4.69, 9.17) is 21.1 Å². The highest BCUT2D eigenvalue weighted by Crippen LogP contribution is 2.27. The quantitative estimate of drug-likeness (QED) is 0.629. The summed E-state index contributed by atoms with van der Waals surface area (Å²) < 4.78 is 10.5. The lowest BCUT2D eigenvalue weighted by molar-refractivity contribution is 0.0945. The first-order valence-corrected chi connectivity index (χ1v) is 8.82. The fraction of sp³-hybridized carbons (Fsp3) is 0.150. The van der Waals surface area contributed by atoms with Crippen LogP contribution in [0.2, 0.25) is 5.02 Å². The molecule has 0 saturated carbocycles. The molecule has 1 amide bonds. The van der Waals surface area contributed by atoms with Crippen LogP contribution in [-0.2, 0) is 6.54 Å². The average molecular weight is 399 g/mol. The summed E-state index contributed by atoms with van der Waals surface area (Å²) in [4.78, 5) is 12.3. The van der Waals surface area contributed by atoms with E-state index < -0.39 is 0 Å². The van der Waals surface area contributed by atoms with Crippen LogP contribution in [0, 0.1) is 0 Å². The van der Waals surface area contributed by atoms with Gasteiger partial charge in [-0.25, -0.2) is 0 Å². The van der Waals surface area contributed by atoms with Gasteiger partial charge in [0.25, 0.3) is 5.91 Å². The van der Waals surface area contributed by atoms with E-state index in [1.54, 1.807) is 44.6 Å². The monoisotopic (exact) mass is 398 g/mol. The number of anilines is 2. The second-order valence-corrected chi connectivity index (χ2v) is 6.25. The van der Waals surface area contributed by atoms with Crippen LogP contribution in [0.15, 0.2) is 54.6 Å². The number of hydrogen-bond acceptors (Lipinski definition) is 6. The number of hydrogen-bond donors (Lipinski definition) is 2. The Morgan fingerprint density at radius 1 is 1.00 bits per heavy atom. The lowest BCUT2D eigenvalue weighted by Gasteiger charge is -2.10. The highest BCUT2D eigenvalue weighted by molar-refractivity contribution is 6.30. The van der Waals surface area contributed by atoms with Crippen molar-refractivity contribution in [2.24, 2.45) is 0 Å². The topological polar surface area (TPSA) is 85.4 Å². The SMILES string of the molecule is COc1ccc(CNC(=O)c2ccc(Nc3cccc(Cl)c3)nn2)cc1OC. The number of aromatic nitrogens is 2. The smallest absolute Gasteiger partial charge is 0.272 e. The molecule has 0 spiro atoms. The molecule has 0 aliphatic carbocycles. The Morgan fingerprint density at radius 3 is 2.50 bits per heavy atom. The zero-order chi connectivity index (χ0) is 19.9. The molecular formula is C20H19ClN4O3. The average Bonchev–Trinajstić information content (AvgIpc) is 2.72. The highest BCUT2D eigenvalue weighted by Gasteiger charge is 2.10. The number of nitrogens with one attached hydrogen (secondary N) is 2. The summed E-state index contributed by atoms with van der Waals surface area (Å²) in [6.07, 6.45) is 0. The van der Waals surface area contributed by atoms with E-state index in [2.05, 4.69) is 20.8 Å². The second kappa shape index (κ2) is 9.05. The van der Waals surface area contributed by atoms with E-state index in [-0.39, 0.29) is 11.6 Å². The van der Waals surface area contributed by atoms with Crippen molar-refractivity contribution in [3.8, 4) is 11.5 Å². The Kier molecular flexibility index (Phi) is 6.29. The molecule has 3 aromatic rings. The third-order valence-corrected chi connectivity index (χ3v) is 4.13. The minimum absolute atomic E-state index is 0.220. The molecule has 0 radical (unpaired) electrons. The molecule has 2 aromatic carbocycles. The molecular weight excluding hydrogens is 380 g/mol. The van der Waals surface area contributed by atoms with Crippen molar-refractivity contribution in [3.63, 3.8) is 0 Å². The van der Waals surface area contributed by atoms with Crippen molar-refractivity contribution in [1.82, 2.24) is 15.5 Å². The van der Waals surface area contributed by atoms with E-state index in [9.17, 15) is 4.79 Å². The largest absolute Gasteiger partial charge is 0.493 e. The predicted octanol–water partition coefficient (Wildman–Crippen LogP) is 3.82. The first kappa shape index (κ1) is 19.4. The molecule has 144 valence electrons. The summed E-state index contributed by atoms with van der Waals surface area (Å²) >= 11 is 5.96. The summed E-state index contributed by atoms with van der Waals surface area (Å²) in [7, 11) is 3.14. The van der Waals surface area contributed by atoms with Crippen LogP contribution in [0.4, 0.5) is 11.5 Å². The maximum atomic E-state index is 12.3. The third kappa shape index (κ3) is 4.89. The van der Waals surface area contributed by atoms with Gasteiger partial charge in [-0.2, -0.15) is 0 Å². The molecule has 0 atom stereocenters. The van der Waals surface area contributed by atoms with Gasteiger partial charge in [0.2, 0.25) is 0 Å². The maximum Gasteiger partial charge on any atom is 0.272 e. The van der Waals surface area contributed by atoms with Crippen LogP contribution in [0.1, 0.15) is 16.1 Å². The lowest BCUT2D eigenvalue weighted by atomic mass is 10.2. The second-order valence-electron chi connectivity index (χ2n) is 5.81. The molecule has 0 fully saturated rings. The third-order valence-electron chi connectivity index (χ3n) is 3.90. The minimum Gasteiger partial charge on any atom is -0.493 e. The van der Waals surface area contributed by atoms with Gasteiger partial charge >= 0.3 is 0 Å². The number of methoxy groups -OCH3 is 2. The normalized spacial score (nSPS) is 10.2. The number of carbonyl (C=O) groups is 1. The standard InChI is InChI=1S/C20H19ClN4O3/c1-27-17-8-6-13(10-18(17)28-2)12-22-20(26)16-7-9-19(25-24-16)23-15-5-3-4-14(21)11-15/h3-11H,12H2,1-2H3,(H,22,26)(H,23,25). The van der Waals surface area contributed by atoms with E-state index >= 15 is 0 Å². The Labute approximate surface area is 167 Å². The van der Waals surface area contributed by atoms with Crippen molar-refractivity contribution >= 4 is 29.0 Å². The maximum absolute atomic E-state index is 12.3. The van der Waals surface area contributed by atoms with Gasteiger partial charge in [-0.05, 0) is 48.0 Å². The highest BCUT2D eigenvalue weighted by atomic mass is 35.5. The number of benzene rings is 2. The molecule has 0 bridgehead atoms. The van der Waals surface area contributed by atoms with Crippen LogP contribution in [-0.4, -0.2) is 30.3 Å². The van der Waals surface area contributed by atoms with E-state index in [1.165, 1.54) is 0 Å². The first-order chi connectivity index (χ1) is 13.6. The van der Waals surface area contributed by atoms with Gasteiger partial charge in [-0.1, -0.05) is 23.7 Å². The van der Waals surface area contributed by atoms with Crippen molar-refractivity contribution < 1.29 is 14.3 Å². The number of halogens is 1. The molecule has 0 saturated heterocycles. The zero-order valence-corrected chi connectivity index (χ0v) is 16.2. The number of ether oxygens (including phenoxy) is 2. The van der Waals surface area contributed by atoms with Crippen LogP contribution in [0.3, 0.4) is 0 Å². The van der Waals surface area contributed by atoms with Crippen LogP contribution >= 0.6 is 11.6 Å². The summed E-state index contributed by atoms with van der Waals surface area (Å²) in [5, 5.41) is 14.5. The van der Waals surface area contributed by atoms with Crippen molar-refractivity contribution in [3.05, 3.63) is 70.9 Å². The minimum atomic E-state index is -0.323. The van der Waals surface area contributed by atoms with Gasteiger partial charge in [0.15, 0.2) is 23.0 Å². The fourth-order valence-corrected chi connectivity index (χ4v) is 2.69. The van der Waals surface area contributed by atoms with Gasteiger partial charge in [-0.15, -0.1) is 10.2 Å². The molecule has 7 nitrogen and oxygen atoms in total. The summed E-state index contributed by atoms with van der Waals surface area (Å²) in [6.45, 7) is 0.323. The fourth-order valence-electron chi connectivity index (χ4n) is 2.50. The van der Waals surface area contributed by atoms with E-state index in [0.717, 1.165) is 11.3 Å². The van der Waals surface area contributed by atoms with Gasteiger partial charge in [0, 0.05) is 17.3 Å². The molecule has 0 aliphatic rings. The van der Waals surface area contributed by atoms with Crippen molar-refractivity contribution in [2.45, 2.75) is 6.54 Å². The summed E-state index contributed by atoms with van der Waals surface area (Å²) in [5.41, 5.74) is 1.88. The number of rotatable bonds is 7. The van der Waals surface area contributed by atoms with Gasteiger partial charge < -0.3 is 20.1 Å². The number of amides is 1. The van der Waals surface area contributed by atoms with E-state index in [0.29, 0.717) is 28.9 Å². The molecule has 1 heterocycles. The van der Waals surface area contributed by atoms with Crippen LogP contribution in [0.5, 0.6) is 11.5 Å². The van der Waals surface area contributed by atoms with Gasteiger partial charge in [0.1, 0.15) is 0 Å². The molecule has 8 heteroatoms. The molecule has 1 aromatic heterocycles. The molecule has 28 heavy (non-hydrogen) atoms. The van der Waals surface area contributed by atoms with Gasteiger partial charge in [-0.3, -0.25) is 4.79 Å². The van der Waals surface area contributed by atoms with Crippen molar-refractivity contribution in [1.29, 1.82) is 0 Å². The summed E-state index contributed by atoms with van der Waals surface area (Å²) in [6, 6.07) is 16.0. The molecule has 2 N–H and O–H groups in total. The van der Waals surface area contributed by atoms with Crippen molar-refractivity contribution in [2.75, 3.05) is 19.5 Å².